The van der Waals surface area contributed by atoms with Gasteiger partial charge in [0.2, 0.25) is 10.0 Å². The Balaban J connectivity index is 1.83. The second-order valence-electron chi connectivity index (χ2n) is 5.70. The summed E-state index contributed by atoms with van der Waals surface area (Å²) in [6.07, 6.45) is 7.42. The largest absolute Gasteiger partial charge is 0.354 e. The SMILES string of the molecule is CCCCCC#CC=CS(=O)(=O)N1CCN(c2ccccn2)CC1. The smallest absolute Gasteiger partial charge is 0.236 e. The van der Waals surface area contributed by atoms with Crippen LogP contribution in [-0.4, -0.2) is 43.9 Å². The molecule has 0 aliphatic carbocycles. The Hall–Kier alpha value is -1.84. The van der Waals surface area contributed by atoms with Gasteiger partial charge in [-0.2, -0.15) is 4.31 Å². The Morgan fingerprint density at radius 1 is 1.21 bits per heavy atom. The number of piperazine rings is 1. The summed E-state index contributed by atoms with van der Waals surface area (Å²) in [5, 5.41) is 1.22. The average molecular weight is 347 g/mol. The van der Waals surface area contributed by atoms with E-state index >= 15 is 0 Å². The first-order chi connectivity index (χ1) is 11.6. The van der Waals surface area contributed by atoms with Gasteiger partial charge in [0.05, 0.1) is 5.41 Å². The first-order valence-corrected chi connectivity index (χ1v) is 9.95. The van der Waals surface area contributed by atoms with E-state index in [-0.39, 0.29) is 0 Å². The Kier molecular flexibility index (Phi) is 7.29. The second kappa shape index (κ2) is 9.45. The number of rotatable bonds is 6. The summed E-state index contributed by atoms with van der Waals surface area (Å²) in [5.74, 6) is 6.70. The summed E-state index contributed by atoms with van der Waals surface area (Å²) in [4.78, 5) is 6.41. The Bertz CT molecular complexity index is 682. The van der Waals surface area contributed by atoms with Gasteiger partial charge in [0, 0.05) is 44.9 Å². The zero-order valence-electron chi connectivity index (χ0n) is 14.2. The summed E-state index contributed by atoms with van der Waals surface area (Å²) < 4.78 is 26.1. The van der Waals surface area contributed by atoms with Crippen molar-refractivity contribution in [1.82, 2.24) is 9.29 Å². The van der Waals surface area contributed by atoms with Crippen LogP contribution in [0.15, 0.2) is 35.9 Å². The lowest BCUT2D eigenvalue weighted by Crippen LogP contribution is -2.48. The maximum Gasteiger partial charge on any atom is 0.236 e. The molecule has 1 fully saturated rings. The van der Waals surface area contributed by atoms with E-state index in [1.807, 2.05) is 18.2 Å². The van der Waals surface area contributed by atoms with E-state index in [2.05, 4.69) is 28.6 Å². The molecular formula is C18H25N3O2S. The van der Waals surface area contributed by atoms with Crippen molar-refractivity contribution in [2.75, 3.05) is 31.1 Å². The molecule has 1 aliphatic rings. The van der Waals surface area contributed by atoms with E-state index < -0.39 is 10.0 Å². The van der Waals surface area contributed by atoms with Crippen LogP contribution < -0.4 is 4.90 Å². The van der Waals surface area contributed by atoms with Crippen LogP contribution in [-0.2, 0) is 10.0 Å². The Morgan fingerprint density at radius 2 is 2.00 bits per heavy atom. The van der Waals surface area contributed by atoms with Crippen molar-refractivity contribution in [2.45, 2.75) is 32.6 Å². The summed E-state index contributed by atoms with van der Waals surface area (Å²) in [6, 6.07) is 5.75. The van der Waals surface area contributed by atoms with Gasteiger partial charge >= 0.3 is 0 Å². The minimum absolute atomic E-state index is 0.465. The quantitative estimate of drug-likeness (QED) is 0.586. The fraction of sp³-hybridized carbons (Fsp3) is 0.500. The van der Waals surface area contributed by atoms with Gasteiger partial charge in [-0.05, 0) is 18.6 Å². The molecule has 6 heteroatoms. The highest BCUT2D eigenvalue weighted by Gasteiger charge is 2.25. The molecule has 1 aromatic rings. The lowest BCUT2D eigenvalue weighted by molar-refractivity contribution is 0.389. The van der Waals surface area contributed by atoms with Crippen LogP contribution in [0.2, 0.25) is 0 Å². The molecule has 2 rings (SSSR count). The molecule has 0 aromatic carbocycles. The first kappa shape index (κ1) is 18.5. The third-order valence-corrected chi connectivity index (χ3v) is 5.47. The number of unbranched alkanes of at least 4 members (excludes halogenated alkanes) is 3. The van der Waals surface area contributed by atoms with Crippen LogP contribution in [0.1, 0.15) is 32.6 Å². The van der Waals surface area contributed by atoms with Crippen molar-refractivity contribution in [1.29, 1.82) is 0 Å². The van der Waals surface area contributed by atoms with Crippen LogP contribution >= 0.6 is 0 Å². The summed E-state index contributed by atoms with van der Waals surface area (Å²) in [7, 11) is -3.38. The maximum absolute atomic E-state index is 12.3. The van der Waals surface area contributed by atoms with E-state index in [9.17, 15) is 8.42 Å². The van der Waals surface area contributed by atoms with E-state index in [0.29, 0.717) is 26.2 Å². The topological polar surface area (TPSA) is 53.5 Å². The first-order valence-electron chi connectivity index (χ1n) is 8.44. The number of anilines is 1. The zero-order chi connectivity index (χ0) is 17.3. The van der Waals surface area contributed by atoms with Crippen LogP contribution in [0.25, 0.3) is 0 Å². The Morgan fingerprint density at radius 3 is 2.67 bits per heavy atom. The molecule has 1 saturated heterocycles. The molecule has 0 atom stereocenters. The second-order valence-corrected chi connectivity index (χ2v) is 7.52. The van der Waals surface area contributed by atoms with Gasteiger partial charge < -0.3 is 4.90 Å². The van der Waals surface area contributed by atoms with Crippen molar-refractivity contribution in [3.05, 3.63) is 35.9 Å². The van der Waals surface area contributed by atoms with Gasteiger partial charge in [0.15, 0.2) is 0 Å². The molecule has 2 heterocycles. The normalized spacial score (nSPS) is 16.1. The summed E-state index contributed by atoms with van der Waals surface area (Å²) >= 11 is 0. The number of nitrogens with zero attached hydrogens (tertiary/aromatic N) is 3. The van der Waals surface area contributed by atoms with Gasteiger partial charge in [0.25, 0.3) is 0 Å². The number of sulfonamides is 1. The van der Waals surface area contributed by atoms with Crippen LogP contribution in [0.5, 0.6) is 0 Å². The number of pyridine rings is 1. The highest BCUT2D eigenvalue weighted by molar-refractivity contribution is 7.92. The van der Waals surface area contributed by atoms with Crippen molar-refractivity contribution in [3.8, 4) is 11.8 Å². The molecule has 0 spiro atoms. The number of hydrogen-bond acceptors (Lipinski definition) is 4. The molecule has 0 unspecified atom stereocenters. The summed E-state index contributed by atoms with van der Waals surface area (Å²) in [6.45, 7) is 4.37. The molecule has 0 radical (unpaired) electrons. The lowest BCUT2D eigenvalue weighted by atomic mass is 10.2. The van der Waals surface area contributed by atoms with Crippen LogP contribution in [0.3, 0.4) is 0 Å². The predicted octanol–water partition coefficient (Wildman–Crippen LogP) is 2.63. The third kappa shape index (κ3) is 5.66. The van der Waals surface area contributed by atoms with Gasteiger partial charge in [-0.3, -0.25) is 0 Å². The number of aromatic nitrogens is 1. The van der Waals surface area contributed by atoms with Gasteiger partial charge in [-0.1, -0.05) is 37.7 Å². The highest BCUT2D eigenvalue weighted by atomic mass is 32.2. The highest BCUT2D eigenvalue weighted by Crippen LogP contribution is 2.15. The molecule has 1 aliphatic heterocycles. The van der Waals surface area contributed by atoms with Gasteiger partial charge in [-0.15, -0.1) is 0 Å². The molecule has 0 amide bonds. The standard InChI is InChI=1S/C18H25N3O2S/c1-2-3-4-5-6-7-10-17-24(22,23)21-15-13-20(14-16-21)18-11-8-9-12-19-18/h8-12,17H,2-5,13-16H2,1H3. The molecule has 5 nitrogen and oxygen atoms in total. The molecule has 24 heavy (non-hydrogen) atoms. The van der Waals surface area contributed by atoms with Crippen molar-refractivity contribution < 1.29 is 8.42 Å². The molecule has 0 N–H and O–H groups in total. The van der Waals surface area contributed by atoms with Crippen LogP contribution in [0.4, 0.5) is 5.82 Å². The third-order valence-electron chi connectivity index (χ3n) is 3.90. The number of allylic oxidation sites excluding steroid dienone is 1. The minimum atomic E-state index is -3.38. The zero-order valence-corrected chi connectivity index (χ0v) is 15.0. The fourth-order valence-corrected chi connectivity index (χ4v) is 3.60. The monoisotopic (exact) mass is 347 g/mol. The van der Waals surface area contributed by atoms with Crippen LogP contribution in [0, 0.1) is 11.8 Å². The Labute approximate surface area is 145 Å². The average Bonchev–Trinajstić information content (AvgIpc) is 2.62. The molecular weight excluding hydrogens is 322 g/mol. The van der Waals surface area contributed by atoms with Crippen molar-refractivity contribution in [2.24, 2.45) is 0 Å². The molecule has 1 aromatic heterocycles. The van der Waals surface area contributed by atoms with Gasteiger partial charge in [0.1, 0.15) is 5.82 Å². The number of hydrogen-bond donors (Lipinski definition) is 0. The van der Waals surface area contributed by atoms with E-state index in [1.165, 1.54) is 15.8 Å². The molecule has 0 saturated carbocycles. The minimum Gasteiger partial charge on any atom is -0.354 e. The van der Waals surface area contributed by atoms with Crippen molar-refractivity contribution >= 4 is 15.8 Å². The maximum atomic E-state index is 12.3. The fourth-order valence-electron chi connectivity index (χ4n) is 2.51. The lowest BCUT2D eigenvalue weighted by Gasteiger charge is -2.33. The van der Waals surface area contributed by atoms with E-state index in [4.69, 9.17) is 0 Å². The van der Waals surface area contributed by atoms with E-state index in [1.54, 1.807) is 6.20 Å². The van der Waals surface area contributed by atoms with Gasteiger partial charge in [-0.25, -0.2) is 13.4 Å². The predicted molar refractivity (Wildman–Crippen MR) is 98.0 cm³/mol. The van der Waals surface area contributed by atoms with Crippen molar-refractivity contribution in [3.63, 3.8) is 0 Å². The summed E-state index contributed by atoms with van der Waals surface area (Å²) in [5.41, 5.74) is 0. The molecule has 0 bridgehead atoms. The van der Waals surface area contributed by atoms with E-state index in [0.717, 1.165) is 31.5 Å². The molecule has 130 valence electrons.